The van der Waals surface area contributed by atoms with Gasteiger partial charge in [0.1, 0.15) is 5.75 Å². The van der Waals surface area contributed by atoms with Gasteiger partial charge in [0.15, 0.2) is 12.6 Å². The number of aliphatic imine (C=N–C) groups is 1. The van der Waals surface area contributed by atoms with E-state index >= 15 is 0 Å². The number of fused-ring (bicyclic) bond motifs is 1. The molecule has 0 spiro atoms. The molecule has 1 atom stereocenters. The Kier molecular flexibility index (Phi) is 6.67. The van der Waals surface area contributed by atoms with Crippen molar-refractivity contribution in [1.29, 1.82) is 0 Å². The number of para-hydroxylation sites is 1. The summed E-state index contributed by atoms with van der Waals surface area (Å²) in [6.07, 6.45) is 0.431. The van der Waals surface area contributed by atoms with Gasteiger partial charge in [0, 0.05) is 38.2 Å². The van der Waals surface area contributed by atoms with E-state index in [2.05, 4.69) is 20.9 Å². The zero-order chi connectivity index (χ0) is 20.6. The largest absolute Gasteiger partial charge is 0.484 e. The summed E-state index contributed by atoms with van der Waals surface area (Å²) in [6.45, 7) is 0.956. The van der Waals surface area contributed by atoms with E-state index in [1.165, 1.54) is 0 Å². The van der Waals surface area contributed by atoms with Crippen LogP contribution in [0.3, 0.4) is 0 Å². The molecule has 152 valence electrons. The minimum atomic E-state index is -0.518. The number of ether oxygens (including phenoxy) is 1. The Labute approximate surface area is 169 Å². The van der Waals surface area contributed by atoms with Crippen molar-refractivity contribution < 1.29 is 14.3 Å². The van der Waals surface area contributed by atoms with E-state index in [1.807, 2.05) is 42.5 Å². The molecule has 1 aliphatic rings. The zero-order valence-corrected chi connectivity index (χ0v) is 16.3. The number of carbonyl (C=O) groups is 2. The molecule has 0 aliphatic carbocycles. The van der Waals surface area contributed by atoms with E-state index in [0.29, 0.717) is 31.2 Å². The number of hydrogen-bond acceptors (Lipinski definition) is 4. The van der Waals surface area contributed by atoms with Gasteiger partial charge in [0.25, 0.3) is 5.91 Å². The summed E-state index contributed by atoms with van der Waals surface area (Å²) in [6, 6.07) is 15.2. The van der Waals surface area contributed by atoms with Crippen LogP contribution in [0.2, 0.25) is 0 Å². The molecule has 2 aromatic carbocycles. The number of hydrogen-bond donors (Lipinski definition) is 4. The molecule has 0 saturated heterocycles. The van der Waals surface area contributed by atoms with E-state index in [4.69, 9.17) is 10.5 Å². The van der Waals surface area contributed by atoms with Crippen LogP contribution in [0.25, 0.3) is 0 Å². The van der Waals surface area contributed by atoms with Gasteiger partial charge >= 0.3 is 0 Å². The number of guanidine groups is 1. The molecule has 1 aliphatic heterocycles. The lowest BCUT2D eigenvalue weighted by Gasteiger charge is -2.26. The molecule has 0 bridgehead atoms. The van der Waals surface area contributed by atoms with E-state index in [-0.39, 0.29) is 18.4 Å². The smallest absolute Gasteiger partial charge is 0.255 e. The van der Waals surface area contributed by atoms with Crippen molar-refractivity contribution in [2.75, 3.05) is 25.5 Å². The molecule has 5 N–H and O–H groups in total. The van der Waals surface area contributed by atoms with Crippen LogP contribution >= 0.6 is 0 Å². The molecule has 2 aromatic rings. The topological polar surface area (TPSA) is 118 Å². The lowest BCUT2D eigenvalue weighted by Crippen LogP contribution is -2.40. The number of primary amides is 1. The van der Waals surface area contributed by atoms with Crippen LogP contribution < -0.4 is 26.4 Å². The van der Waals surface area contributed by atoms with Gasteiger partial charge in [-0.15, -0.1) is 0 Å². The Hall–Kier alpha value is -3.55. The first-order valence-corrected chi connectivity index (χ1v) is 9.38. The first kappa shape index (κ1) is 20.2. The summed E-state index contributed by atoms with van der Waals surface area (Å²) in [4.78, 5) is 27.1. The Bertz CT molecular complexity index is 913. The van der Waals surface area contributed by atoms with Crippen molar-refractivity contribution in [3.05, 3.63) is 59.7 Å². The fourth-order valence-electron chi connectivity index (χ4n) is 3.21. The third-order valence-corrected chi connectivity index (χ3v) is 4.59. The molecule has 1 unspecified atom stereocenters. The van der Waals surface area contributed by atoms with Crippen LogP contribution in [0.5, 0.6) is 5.75 Å². The summed E-state index contributed by atoms with van der Waals surface area (Å²) >= 11 is 0. The lowest BCUT2D eigenvalue weighted by molar-refractivity contribution is -0.120. The number of rotatable bonds is 7. The number of benzene rings is 2. The fourth-order valence-corrected chi connectivity index (χ4v) is 3.21. The molecule has 0 aromatic heterocycles. The van der Waals surface area contributed by atoms with Gasteiger partial charge in [-0.05, 0) is 29.3 Å². The molecule has 0 radical (unpaired) electrons. The summed E-state index contributed by atoms with van der Waals surface area (Å²) in [7, 11) is 1.70. The third kappa shape index (κ3) is 5.71. The van der Waals surface area contributed by atoms with Crippen molar-refractivity contribution in [1.82, 2.24) is 10.6 Å². The van der Waals surface area contributed by atoms with Gasteiger partial charge in [0.2, 0.25) is 5.91 Å². The Balaban J connectivity index is 1.55. The molecule has 1 heterocycles. The number of nitrogens with one attached hydrogen (secondary N) is 3. The zero-order valence-electron chi connectivity index (χ0n) is 16.3. The summed E-state index contributed by atoms with van der Waals surface area (Å²) in [5.74, 6) is 0.791. The first-order chi connectivity index (χ1) is 14.0. The SMILES string of the molecule is CN=C(NCc1cccc(OCC(N)=O)c1)NCC1CC(=O)Nc2ccccc21. The minimum absolute atomic E-state index is 0.0197. The highest BCUT2D eigenvalue weighted by atomic mass is 16.5. The summed E-state index contributed by atoms with van der Waals surface area (Å²) in [5.41, 5.74) is 8.06. The molecular weight excluding hydrogens is 370 g/mol. The number of nitrogens with two attached hydrogens (primary N) is 1. The number of nitrogens with zero attached hydrogens (tertiary/aromatic N) is 1. The number of anilines is 1. The number of carbonyl (C=O) groups excluding carboxylic acids is 2. The van der Waals surface area contributed by atoms with Gasteiger partial charge < -0.3 is 26.4 Å². The first-order valence-electron chi connectivity index (χ1n) is 9.38. The van der Waals surface area contributed by atoms with Gasteiger partial charge in [-0.25, -0.2) is 0 Å². The van der Waals surface area contributed by atoms with Gasteiger partial charge in [-0.1, -0.05) is 30.3 Å². The highest BCUT2D eigenvalue weighted by molar-refractivity contribution is 5.94. The fraction of sp³-hybridized carbons (Fsp3) is 0.286. The van der Waals surface area contributed by atoms with Crippen molar-refractivity contribution in [2.45, 2.75) is 18.9 Å². The Morgan fingerprint density at radius 2 is 2.07 bits per heavy atom. The van der Waals surface area contributed by atoms with Crippen LogP contribution in [0.15, 0.2) is 53.5 Å². The number of amides is 2. The van der Waals surface area contributed by atoms with E-state index in [9.17, 15) is 9.59 Å². The van der Waals surface area contributed by atoms with Crippen LogP contribution in [-0.4, -0.2) is 38.0 Å². The second-order valence-electron chi connectivity index (χ2n) is 6.75. The van der Waals surface area contributed by atoms with Gasteiger partial charge in [-0.2, -0.15) is 0 Å². The molecular formula is C21H25N5O3. The molecule has 0 saturated carbocycles. The van der Waals surface area contributed by atoms with E-state index < -0.39 is 5.91 Å². The van der Waals surface area contributed by atoms with E-state index in [0.717, 1.165) is 16.8 Å². The average molecular weight is 395 g/mol. The van der Waals surface area contributed by atoms with Crippen molar-refractivity contribution >= 4 is 23.5 Å². The van der Waals surface area contributed by atoms with Gasteiger partial charge in [0.05, 0.1) is 0 Å². The van der Waals surface area contributed by atoms with Gasteiger partial charge in [-0.3, -0.25) is 14.6 Å². The van der Waals surface area contributed by atoms with Crippen molar-refractivity contribution in [3.8, 4) is 5.75 Å². The maximum atomic E-state index is 12.0. The second-order valence-corrected chi connectivity index (χ2v) is 6.75. The third-order valence-electron chi connectivity index (χ3n) is 4.59. The van der Waals surface area contributed by atoms with Crippen molar-refractivity contribution in [3.63, 3.8) is 0 Å². The second kappa shape index (κ2) is 9.59. The van der Waals surface area contributed by atoms with Crippen molar-refractivity contribution in [2.24, 2.45) is 10.7 Å². The molecule has 3 rings (SSSR count). The normalized spacial score (nSPS) is 15.8. The minimum Gasteiger partial charge on any atom is -0.484 e. The summed E-state index contributed by atoms with van der Waals surface area (Å²) in [5, 5.41) is 9.44. The maximum absolute atomic E-state index is 12.0. The average Bonchev–Trinajstić information content (AvgIpc) is 2.72. The molecule has 2 amide bonds. The molecule has 0 fully saturated rings. The molecule has 8 heteroatoms. The van der Waals surface area contributed by atoms with E-state index in [1.54, 1.807) is 13.1 Å². The quantitative estimate of drug-likeness (QED) is 0.417. The maximum Gasteiger partial charge on any atom is 0.255 e. The molecule has 8 nitrogen and oxygen atoms in total. The molecule has 29 heavy (non-hydrogen) atoms. The Morgan fingerprint density at radius 1 is 1.24 bits per heavy atom. The predicted octanol–water partition coefficient (Wildman–Crippen LogP) is 1.34. The summed E-state index contributed by atoms with van der Waals surface area (Å²) < 4.78 is 5.33. The highest BCUT2D eigenvalue weighted by Crippen LogP contribution is 2.31. The van der Waals surface area contributed by atoms with Crippen LogP contribution in [0, 0.1) is 0 Å². The standard InChI is InChI=1S/C21H25N5O3/c1-23-21(24-11-14-5-4-6-16(9-14)29-13-19(22)27)25-12-15-10-20(28)26-18-8-3-2-7-17(15)18/h2-9,15H,10-13H2,1H3,(H2,22,27)(H,26,28)(H2,23,24,25). The highest BCUT2D eigenvalue weighted by Gasteiger charge is 2.24. The van der Waals surface area contributed by atoms with Crippen LogP contribution in [0.1, 0.15) is 23.5 Å². The van der Waals surface area contributed by atoms with Crippen LogP contribution in [-0.2, 0) is 16.1 Å². The monoisotopic (exact) mass is 395 g/mol. The predicted molar refractivity (Wildman–Crippen MR) is 112 cm³/mol. The lowest BCUT2D eigenvalue weighted by atomic mass is 9.90. The Morgan fingerprint density at radius 3 is 2.86 bits per heavy atom. The van der Waals surface area contributed by atoms with Crippen LogP contribution in [0.4, 0.5) is 5.69 Å².